The molecule has 0 radical (unpaired) electrons. The number of amides is 1. The van der Waals surface area contributed by atoms with Crippen LogP contribution < -0.4 is 21.1 Å². The number of methoxy groups -OCH3 is 1. The molecule has 28 heavy (non-hydrogen) atoms. The molecule has 1 aliphatic rings. The van der Waals surface area contributed by atoms with E-state index in [9.17, 15) is 4.79 Å². The van der Waals surface area contributed by atoms with Gasteiger partial charge in [0, 0.05) is 18.0 Å². The van der Waals surface area contributed by atoms with Crippen molar-refractivity contribution in [3.8, 4) is 5.75 Å². The van der Waals surface area contributed by atoms with E-state index in [0.717, 1.165) is 25.7 Å². The molecule has 4 N–H and O–H groups in total. The molecule has 2 aromatic rings. The number of para-hydroxylation sites is 1. The smallest absolute Gasteiger partial charge is 0.255 e. The zero-order valence-electron chi connectivity index (χ0n) is 16.1. The Labute approximate surface area is 171 Å². The SMILES string of the molecule is COc1ccccc1C(=O)NCC1(c2ccccc2)CCC(NC(N)=S)CC1. The van der Waals surface area contributed by atoms with Gasteiger partial charge in [0.1, 0.15) is 5.75 Å². The molecule has 5 nitrogen and oxygen atoms in total. The van der Waals surface area contributed by atoms with Gasteiger partial charge in [0.2, 0.25) is 0 Å². The Bertz CT molecular complexity index is 818. The van der Waals surface area contributed by atoms with Crippen molar-refractivity contribution < 1.29 is 9.53 Å². The lowest BCUT2D eigenvalue weighted by molar-refractivity contribution is 0.0932. The van der Waals surface area contributed by atoms with Crippen molar-refractivity contribution in [2.45, 2.75) is 37.1 Å². The van der Waals surface area contributed by atoms with Gasteiger partial charge in [-0.3, -0.25) is 4.79 Å². The molecule has 1 amide bonds. The number of nitrogens with one attached hydrogen (secondary N) is 2. The van der Waals surface area contributed by atoms with E-state index in [0.29, 0.717) is 29.0 Å². The van der Waals surface area contributed by atoms with Crippen LogP contribution >= 0.6 is 12.2 Å². The molecule has 0 atom stereocenters. The molecule has 0 aliphatic heterocycles. The van der Waals surface area contributed by atoms with Gasteiger partial charge in [-0.05, 0) is 55.6 Å². The summed E-state index contributed by atoms with van der Waals surface area (Å²) in [5.74, 6) is 0.467. The fourth-order valence-electron chi connectivity index (χ4n) is 4.05. The molecule has 0 heterocycles. The van der Waals surface area contributed by atoms with Gasteiger partial charge < -0.3 is 21.1 Å². The summed E-state index contributed by atoms with van der Waals surface area (Å²) < 4.78 is 5.33. The number of benzene rings is 2. The Hall–Kier alpha value is -2.60. The van der Waals surface area contributed by atoms with Gasteiger partial charge in [-0.2, -0.15) is 0 Å². The second-order valence-electron chi connectivity index (χ2n) is 7.31. The Morgan fingerprint density at radius 2 is 1.79 bits per heavy atom. The lowest BCUT2D eigenvalue weighted by Crippen LogP contribution is -2.48. The van der Waals surface area contributed by atoms with Crippen LogP contribution in [0.25, 0.3) is 0 Å². The minimum Gasteiger partial charge on any atom is -0.496 e. The van der Waals surface area contributed by atoms with Crippen molar-refractivity contribution >= 4 is 23.2 Å². The summed E-state index contributed by atoms with van der Waals surface area (Å²) in [7, 11) is 1.58. The standard InChI is InChI=1S/C22H27N3O2S/c1-27-19-10-6-5-9-18(19)20(26)24-15-22(16-7-3-2-4-8-16)13-11-17(12-14-22)25-21(23)28/h2-10,17H,11-15H2,1H3,(H,24,26)(H3,23,25,28). The number of hydrogen-bond donors (Lipinski definition) is 3. The van der Waals surface area contributed by atoms with E-state index in [1.165, 1.54) is 5.56 Å². The van der Waals surface area contributed by atoms with Gasteiger partial charge in [0.05, 0.1) is 12.7 Å². The van der Waals surface area contributed by atoms with E-state index in [4.69, 9.17) is 22.7 Å². The van der Waals surface area contributed by atoms with Gasteiger partial charge in [0.25, 0.3) is 5.91 Å². The van der Waals surface area contributed by atoms with Crippen molar-refractivity contribution in [2.24, 2.45) is 5.73 Å². The summed E-state index contributed by atoms with van der Waals surface area (Å²) in [6, 6.07) is 18.0. The first kappa shape index (κ1) is 20.1. The van der Waals surface area contributed by atoms with Crippen LogP contribution in [-0.2, 0) is 5.41 Å². The molecule has 2 aromatic carbocycles. The molecule has 0 aromatic heterocycles. The van der Waals surface area contributed by atoms with E-state index >= 15 is 0 Å². The molecule has 1 fully saturated rings. The zero-order valence-corrected chi connectivity index (χ0v) is 16.9. The van der Waals surface area contributed by atoms with Gasteiger partial charge >= 0.3 is 0 Å². The summed E-state index contributed by atoms with van der Waals surface area (Å²) in [4.78, 5) is 12.8. The second kappa shape index (κ2) is 9.06. The summed E-state index contributed by atoms with van der Waals surface area (Å²) in [5.41, 5.74) is 7.35. The van der Waals surface area contributed by atoms with E-state index in [1.54, 1.807) is 19.2 Å². The van der Waals surface area contributed by atoms with Crippen LogP contribution in [0, 0.1) is 0 Å². The van der Waals surface area contributed by atoms with Crippen LogP contribution in [0.4, 0.5) is 0 Å². The first-order chi connectivity index (χ1) is 13.5. The van der Waals surface area contributed by atoms with Crippen LogP contribution in [0.5, 0.6) is 5.75 Å². The maximum absolute atomic E-state index is 12.8. The fourth-order valence-corrected chi connectivity index (χ4v) is 4.22. The lowest BCUT2D eigenvalue weighted by atomic mass is 9.68. The van der Waals surface area contributed by atoms with E-state index < -0.39 is 0 Å². The highest BCUT2D eigenvalue weighted by Gasteiger charge is 2.37. The molecule has 6 heteroatoms. The fraction of sp³-hybridized carbons (Fsp3) is 0.364. The third-order valence-corrected chi connectivity index (χ3v) is 5.73. The third kappa shape index (κ3) is 4.62. The third-order valence-electron chi connectivity index (χ3n) is 5.61. The molecular weight excluding hydrogens is 370 g/mol. The predicted octanol–water partition coefficient (Wildman–Crippen LogP) is 3.14. The number of nitrogens with two attached hydrogens (primary N) is 1. The van der Waals surface area contributed by atoms with Crippen molar-refractivity contribution in [1.29, 1.82) is 0 Å². The highest BCUT2D eigenvalue weighted by molar-refractivity contribution is 7.80. The second-order valence-corrected chi connectivity index (χ2v) is 7.75. The zero-order chi connectivity index (χ0) is 20.0. The van der Waals surface area contributed by atoms with Crippen molar-refractivity contribution in [1.82, 2.24) is 10.6 Å². The molecular formula is C22H27N3O2S. The van der Waals surface area contributed by atoms with E-state index in [-0.39, 0.29) is 11.3 Å². The molecule has 0 bridgehead atoms. The lowest BCUT2D eigenvalue weighted by Gasteiger charge is -2.41. The molecule has 1 aliphatic carbocycles. The van der Waals surface area contributed by atoms with Gasteiger partial charge in [-0.1, -0.05) is 42.5 Å². The van der Waals surface area contributed by atoms with Crippen LogP contribution in [0.1, 0.15) is 41.6 Å². The number of rotatable bonds is 6. The largest absolute Gasteiger partial charge is 0.496 e. The first-order valence-corrected chi connectivity index (χ1v) is 9.97. The number of thiocarbonyl (C=S) groups is 1. The van der Waals surface area contributed by atoms with Gasteiger partial charge in [-0.15, -0.1) is 0 Å². The topological polar surface area (TPSA) is 76.4 Å². The quantitative estimate of drug-likeness (QED) is 0.653. The van der Waals surface area contributed by atoms with Gasteiger partial charge in [0.15, 0.2) is 5.11 Å². The Kier molecular flexibility index (Phi) is 6.52. The average molecular weight is 398 g/mol. The highest BCUT2D eigenvalue weighted by atomic mass is 32.1. The number of carbonyl (C=O) groups excluding carboxylic acids is 1. The molecule has 0 unspecified atom stereocenters. The Morgan fingerprint density at radius 1 is 1.14 bits per heavy atom. The monoisotopic (exact) mass is 397 g/mol. The Balaban J connectivity index is 1.76. The van der Waals surface area contributed by atoms with Crippen LogP contribution in [-0.4, -0.2) is 30.7 Å². The van der Waals surface area contributed by atoms with Crippen molar-refractivity contribution in [2.75, 3.05) is 13.7 Å². The van der Waals surface area contributed by atoms with E-state index in [1.807, 2.05) is 18.2 Å². The summed E-state index contributed by atoms with van der Waals surface area (Å²) in [5, 5.41) is 6.68. The maximum Gasteiger partial charge on any atom is 0.255 e. The van der Waals surface area contributed by atoms with Gasteiger partial charge in [-0.25, -0.2) is 0 Å². The van der Waals surface area contributed by atoms with Crippen LogP contribution in [0.2, 0.25) is 0 Å². The molecule has 0 saturated heterocycles. The summed E-state index contributed by atoms with van der Waals surface area (Å²) in [6.45, 7) is 0.577. The van der Waals surface area contributed by atoms with Crippen LogP contribution in [0.15, 0.2) is 54.6 Å². The molecule has 0 spiro atoms. The molecule has 3 rings (SSSR count). The number of carbonyl (C=O) groups is 1. The summed E-state index contributed by atoms with van der Waals surface area (Å²) >= 11 is 4.99. The van der Waals surface area contributed by atoms with Crippen LogP contribution in [0.3, 0.4) is 0 Å². The molecule has 1 saturated carbocycles. The molecule has 148 valence electrons. The van der Waals surface area contributed by atoms with Crippen molar-refractivity contribution in [3.63, 3.8) is 0 Å². The van der Waals surface area contributed by atoms with E-state index in [2.05, 4.69) is 34.9 Å². The minimum atomic E-state index is -0.115. The maximum atomic E-state index is 12.8. The Morgan fingerprint density at radius 3 is 2.43 bits per heavy atom. The predicted molar refractivity (Wildman–Crippen MR) is 116 cm³/mol. The van der Waals surface area contributed by atoms with Crippen molar-refractivity contribution in [3.05, 3.63) is 65.7 Å². The highest BCUT2D eigenvalue weighted by Crippen LogP contribution is 2.39. The number of ether oxygens (including phenoxy) is 1. The summed E-state index contributed by atoms with van der Waals surface area (Å²) in [6.07, 6.45) is 3.81. The normalized spacial score (nSPS) is 21.5. The minimum absolute atomic E-state index is 0.104. The average Bonchev–Trinajstić information content (AvgIpc) is 2.73. The first-order valence-electron chi connectivity index (χ1n) is 9.57. The number of hydrogen-bond acceptors (Lipinski definition) is 3.